The zero-order valence-electron chi connectivity index (χ0n) is 25.2. The molecule has 6 aromatic rings. The maximum Gasteiger partial charge on any atom is 0.165 e. The summed E-state index contributed by atoms with van der Waals surface area (Å²) in [6, 6.07) is 29.6. The van der Waals surface area contributed by atoms with E-state index in [-0.39, 0.29) is 0 Å². The van der Waals surface area contributed by atoms with Gasteiger partial charge in [0.1, 0.15) is 0 Å². The molecule has 0 N–H and O–H groups in total. The SMILES string of the molecule is Cc1cc(-c2ccccn2)ccc1-c1nc(-c2ccc(C3=CC=CCN3C)cc2Cl)nc(-c2ccc(-c3ccccn3)cc2Cl)n1. The van der Waals surface area contributed by atoms with E-state index in [1.807, 2.05) is 91.9 Å². The van der Waals surface area contributed by atoms with Gasteiger partial charge in [-0.3, -0.25) is 9.97 Å². The van der Waals surface area contributed by atoms with E-state index in [4.69, 9.17) is 38.2 Å². The highest BCUT2D eigenvalue weighted by Gasteiger charge is 2.19. The lowest BCUT2D eigenvalue weighted by Gasteiger charge is -2.24. The number of aryl methyl sites for hydroxylation is 1. The van der Waals surface area contributed by atoms with Crippen molar-refractivity contribution in [3.63, 3.8) is 0 Å². The molecule has 0 radical (unpaired) electrons. The molecule has 1 aliphatic rings. The molecule has 0 bridgehead atoms. The van der Waals surface area contributed by atoms with E-state index >= 15 is 0 Å². The van der Waals surface area contributed by atoms with E-state index in [1.54, 1.807) is 12.4 Å². The van der Waals surface area contributed by atoms with Gasteiger partial charge in [-0.25, -0.2) is 15.0 Å². The summed E-state index contributed by atoms with van der Waals surface area (Å²) in [6.45, 7) is 2.88. The third kappa shape index (κ3) is 5.93. The van der Waals surface area contributed by atoms with Crippen molar-refractivity contribution in [2.45, 2.75) is 6.92 Å². The highest BCUT2D eigenvalue weighted by atomic mass is 35.5. The summed E-state index contributed by atoms with van der Waals surface area (Å²) in [5, 5.41) is 1.05. The second kappa shape index (κ2) is 12.7. The number of rotatable bonds is 6. The van der Waals surface area contributed by atoms with Crippen LogP contribution < -0.4 is 0 Å². The number of halogens is 2. The molecule has 0 saturated heterocycles. The molecule has 0 fully saturated rings. The Kier molecular flexibility index (Phi) is 8.14. The first-order valence-corrected chi connectivity index (χ1v) is 15.6. The van der Waals surface area contributed by atoms with Gasteiger partial charge < -0.3 is 4.90 Å². The normalized spacial score (nSPS) is 12.7. The Morgan fingerprint density at radius 2 is 1.13 bits per heavy atom. The Balaban J connectivity index is 1.35. The van der Waals surface area contributed by atoms with Crippen LogP contribution in [0, 0.1) is 6.92 Å². The summed E-state index contributed by atoms with van der Waals surface area (Å²) in [6.07, 6.45) is 9.82. The molecule has 0 atom stereocenters. The fourth-order valence-corrected chi connectivity index (χ4v) is 6.04. The summed E-state index contributed by atoms with van der Waals surface area (Å²) < 4.78 is 0. The van der Waals surface area contributed by atoms with Crippen molar-refractivity contribution in [3.8, 4) is 56.7 Å². The number of hydrogen-bond acceptors (Lipinski definition) is 6. The molecule has 0 spiro atoms. The number of allylic oxidation sites excluding steroid dienone is 2. The minimum atomic E-state index is 0.450. The Bertz CT molecular complexity index is 2020. The van der Waals surface area contributed by atoms with Gasteiger partial charge in [-0.15, -0.1) is 0 Å². The zero-order chi connectivity index (χ0) is 31.6. The first kappa shape index (κ1) is 29.5. The molecule has 224 valence electrons. The average Bonchev–Trinajstić information content (AvgIpc) is 3.09. The Hall–Kier alpha value is -5.17. The Morgan fingerprint density at radius 3 is 1.65 bits per heavy atom. The molecule has 1 aliphatic heterocycles. The van der Waals surface area contributed by atoms with Crippen LogP contribution in [0.3, 0.4) is 0 Å². The molecule has 4 heterocycles. The summed E-state index contributed by atoms with van der Waals surface area (Å²) in [7, 11) is 2.06. The molecule has 46 heavy (non-hydrogen) atoms. The lowest BCUT2D eigenvalue weighted by Crippen LogP contribution is -2.18. The summed E-state index contributed by atoms with van der Waals surface area (Å²) in [5.41, 5.74) is 9.02. The second-order valence-electron chi connectivity index (χ2n) is 11.0. The Labute approximate surface area is 277 Å². The molecular formula is C38H28Cl2N6. The second-order valence-corrected chi connectivity index (χ2v) is 11.8. The van der Waals surface area contributed by atoms with E-state index in [1.165, 1.54) is 0 Å². The third-order valence-corrected chi connectivity index (χ3v) is 8.55. The van der Waals surface area contributed by atoms with Crippen LogP contribution in [0.5, 0.6) is 0 Å². The van der Waals surface area contributed by atoms with Crippen molar-refractivity contribution < 1.29 is 0 Å². The first-order valence-electron chi connectivity index (χ1n) is 14.8. The van der Waals surface area contributed by atoms with E-state index in [0.717, 1.165) is 51.4 Å². The Morgan fingerprint density at radius 1 is 0.609 bits per heavy atom. The number of nitrogens with zero attached hydrogens (tertiary/aromatic N) is 6. The molecule has 0 saturated carbocycles. The minimum Gasteiger partial charge on any atom is -0.370 e. The van der Waals surface area contributed by atoms with Gasteiger partial charge in [0.2, 0.25) is 0 Å². The fourth-order valence-electron chi connectivity index (χ4n) is 5.51. The third-order valence-electron chi connectivity index (χ3n) is 7.92. The molecule has 0 unspecified atom stereocenters. The molecule has 0 amide bonds. The molecule has 6 nitrogen and oxygen atoms in total. The molecule has 0 aliphatic carbocycles. The van der Waals surface area contributed by atoms with Crippen LogP contribution in [-0.2, 0) is 0 Å². The van der Waals surface area contributed by atoms with Crippen molar-refractivity contribution in [2.24, 2.45) is 0 Å². The summed E-state index contributed by atoms with van der Waals surface area (Å²) in [5.74, 6) is 1.43. The lowest BCUT2D eigenvalue weighted by molar-refractivity contribution is 0.531. The first-order chi connectivity index (χ1) is 22.4. The van der Waals surface area contributed by atoms with Gasteiger partial charge in [-0.1, -0.05) is 71.8 Å². The van der Waals surface area contributed by atoms with Crippen molar-refractivity contribution >= 4 is 28.9 Å². The van der Waals surface area contributed by atoms with Gasteiger partial charge in [0.15, 0.2) is 17.5 Å². The van der Waals surface area contributed by atoms with Gasteiger partial charge in [-0.2, -0.15) is 0 Å². The molecule has 8 heteroatoms. The van der Waals surface area contributed by atoms with Crippen LogP contribution >= 0.6 is 23.2 Å². The molecular weight excluding hydrogens is 611 g/mol. The van der Waals surface area contributed by atoms with Gasteiger partial charge in [0.05, 0.1) is 21.4 Å². The molecule has 7 rings (SSSR count). The lowest BCUT2D eigenvalue weighted by atomic mass is 10.0. The summed E-state index contributed by atoms with van der Waals surface area (Å²) >= 11 is 13.9. The van der Waals surface area contributed by atoms with E-state index in [2.05, 4.69) is 46.2 Å². The molecule has 3 aromatic heterocycles. The topological polar surface area (TPSA) is 67.7 Å². The maximum absolute atomic E-state index is 6.96. The average molecular weight is 640 g/mol. The molecule has 3 aromatic carbocycles. The van der Waals surface area contributed by atoms with E-state index in [9.17, 15) is 0 Å². The van der Waals surface area contributed by atoms with Crippen molar-refractivity contribution in [3.05, 3.63) is 143 Å². The standard InChI is InChI=1S/C38H28Cl2N6/c1-24-21-25(33-9-3-6-18-41-33)12-15-28(24)36-43-37(29-16-13-26(22-31(29)39)34-10-4-7-19-42-34)45-38(44-36)30-17-14-27(23-32(30)40)35-11-5-8-20-46(35)2/h3-19,21-23H,20H2,1-2H3. The predicted molar refractivity (Wildman–Crippen MR) is 187 cm³/mol. The zero-order valence-corrected chi connectivity index (χ0v) is 26.7. The van der Waals surface area contributed by atoms with Gasteiger partial charge in [0.25, 0.3) is 0 Å². The van der Waals surface area contributed by atoms with E-state index < -0.39 is 0 Å². The van der Waals surface area contributed by atoms with Crippen LogP contribution in [0.2, 0.25) is 10.0 Å². The number of aromatic nitrogens is 5. The van der Waals surface area contributed by atoms with Gasteiger partial charge in [-0.05, 0) is 78.7 Å². The maximum atomic E-state index is 6.96. The smallest absolute Gasteiger partial charge is 0.165 e. The van der Waals surface area contributed by atoms with Crippen molar-refractivity contribution in [1.82, 2.24) is 29.8 Å². The van der Waals surface area contributed by atoms with Crippen LogP contribution in [0.15, 0.2) is 122 Å². The van der Waals surface area contributed by atoms with Gasteiger partial charge >= 0.3 is 0 Å². The van der Waals surface area contributed by atoms with E-state index in [0.29, 0.717) is 38.6 Å². The number of hydrogen-bond donors (Lipinski definition) is 0. The van der Waals surface area contributed by atoms with Crippen molar-refractivity contribution in [2.75, 3.05) is 13.6 Å². The van der Waals surface area contributed by atoms with Crippen LogP contribution in [0.4, 0.5) is 0 Å². The number of pyridine rings is 2. The van der Waals surface area contributed by atoms with Crippen LogP contribution in [-0.4, -0.2) is 43.4 Å². The highest BCUT2D eigenvalue weighted by Crippen LogP contribution is 2.36. The summed E-state index contributed by atoms with van der Waals surface area (Å²) in [4.78, 5) is 26.0. The predicted octanol–water partition coefficient (Wildman–Crippen LogP) is 9.45. The number of benzene rings is 3. The fraction of sp³-hybridized carbons (Fsp3) is 0.0789. The minimum absolute atomic E-state index is 0.450. The highest BCUT2D eigenvalue weighted by molar-refractivity contribution is 6.34. The van der Waals surface area contributed by atoms with Gasteiger partial charge in [0, 0.05) is 59.5 Å². The van der Waals surface area contributed by atoms with Crippen molar-refractivity contribution in [1.29, 1.82) is 0 Å². The quantitative estimate of drug-likeness (QED) is 0.181. The monoisotopic (exact) mass is 638 g/mol. The van der Waals surface area contributed by atoms with Crippen LogP contribution in [0.1, 0.15) is 11.1 Å². The largest absolute Gasteiger partial charge is 0.370 e. The van der Waals surface area contributed by atoms with Crippen LogP contribution in [0.25, 0.3) is 62.4 Å². The number of likely N-dealkylation sites (N-methyl/N-ethyl adjacent to an activating group) is 1.